The van der Waals surface area contributed by atoms with E-state index >= 15 is 0 Å². The monoisotopic (exact) mass is 370 g/mol. The van der Waals surface area contributed by atoms with Crippen LogP contribution >= 0.6 is 0 Å². The zero-order valence-corrected chi connectivity index (χ0v) is 17.1. The Balaban J connectivity index is 2.00. The van der Waals surface area contributed by atoms with Gasteiger partial charge in [0, 0.05) is 35.1 Å². The standard InChI is InChI=1S/C21H30N4O2/c1-13(2)12-25-16(6)19(15(5)24-25)11-20(26)22-17-7-9-18(10-8-17)23-21(27)14(3)4/h7-10,13-14H,11-12H2,1-6H3,(H,22,26)(H,23,27). The van der Waals surface area contributed by atoms with Crippen molar-refractivity contribution in [3.05, 3.63) is 41.2 Å². The lowest BCUT2D eigenvalue weighted by Crippen LogP contribution is -2.18. The molecule has 0 radical (unpaired) electrons. The van der Waals surface area contributed by atoms with Crippen molar-refractivity contribution in [2.24, 2.45) is 11.8 Å². The number of carbonyl (C=O) groups is 2. The second-order valence-electron chi connectivity index (χ2n) is 7.67. The van der Waals surface area contributed by atoms with Gasteiger partial charge in [0.05, 0.1) is 12.1 Å². The average Bonchev–Trinajstić information content (AvgIpc) is 2.83. The molecule has 0 saturated carbocycles. The number of nitrogens with zero attached hydrogens (tertiary/aromatic N) is 2. The molecule has 0 atom stereocenters. The number of rotatable bonds is 7. The summed E-state index contributed by atoms with van der Waals surface area (Å²) in [7, 11) is 0. The molecule has 1 heterocycles. The number of carbonyl (C=O) groups excluding carboxylic acids is 2. The van der Waals surface area contributed by atoms with E-state index in [9.17, 15) is 9.59 Å². The zero-order chi connectivity index (χ0) is 20.1. The molecule has 2 rings (SSSR count). The van der Waals surface area contributed by atoms with Crippen LogP contribution in [0.25, 0.3) is 0 Å². The van der Waals surface area contributed by atoms with Crippen LogP contribution in [0.15, 0.2) is 24.3 Å². The highest BCUT2D eigenvalue weighted by atomic mass is 16.2. The predicted molar refractivity (Wildman–Crippen MR) is 109 cm³/mol. The SMILES string of the molecule is Cc1nn(CC(C)C)c(C)c1CC(=O)Nc1ccc(NC(=O)C(C)C)cc1. The molecule has 0 unspecified atom stereocenters. The van der Waals surface area contributed by atoms with Crippen molar-refractivity contribution in [1.82, 2.24) is 9.78 Å². The van der Waals surface area contributed by atoms with Crippen LogP contribution in [0.4, 0.5) is 11.4 Å². The zero-order valence-electron chi connectivity index (χ0n) is 17.1. The highest BCUT2D eigenvalue weighted by Gasteiger charge is 2.16. The molecule has 2 aromatic rings. The quantitative estimate of drug-likeness (QED) is 0.775. The van der Waals surface area contributed by atoms with E-state index in [2.05, 4.69) is 29.6 Å². The van der Waals surface area contributed by atoms with E-state index in [-0.39, 0.29) is 17.7 Å². The minimum atomic E-state index is -0.0794. The van der Waals surface area contributed by atoms with Crippen LogP contribution in [0.5, 0.6) is 0 Å². The Labute approximate surface area is 161 Å². The maximum Gasteiger partial charge on any atom is 0.228 e. The molecular weight excluding hydrogens is 340 g/mol. The lowest BCUT2D eigenvalue weighted by atomic mass is 10.1. The van der Waals surface area contributed by atoms with Crippen LogP contribution in [-0.4, -0.2) is 21.6 Å². The molecule has 0 aliphatic heterocycles. The number of aromatic nitrogens is 2. The molecule has 2 N–H and O–H groups in total. The van der Waals surface area contributed by atoms with Crippen LogP contribution in [0, 0.1) is 25.7 Å². The maximum absolute atomic E-state index is 12.5. The first-order valence-corrected chi connectivity index (χ1v) is 9.41. The Morgan fingerprint density at radius 3 is 2.07 bits per heavy atom. The van der Waals surface area contributed by atoms with Crippen molar-refractivity contribution < 1.29 is 9.59 Å². The average molecular weight is 370 g/mol. The Morgan fingerprint density at radius 1 is 1.00 bits per heavy atom. The number of hydrogen-bond donors (Lipinski definition) is 2. The molecule has 0 aliphatic rings. The van der Waals surface area contributed by atoms with Crippen LogP contribution in [-0.2, 0) is 22.6 Å². The van der Waals surface area contributed by atoms with Gasteiger partial charge < -0.3 is 10.6 Å². The molecule has 1 aromatic carbocycles. The normalized spacial score (nSPS) is 11.1. The smallest absolute Gasteiger partial charge is 0.228 e. The molecule has 2 amide bonds. The molecule has 0 fully saturated rings. The van der Waals surface area contributed by atoms with Crippen LogP contribution in [0.3, 0.4) is 0 Å². The van der Waals surface area contributed by atoms with Gasteiger partial charge in [0.2, 0.25) is 11.8 Å². The van der Waals surface area contributed by atoms with E-state index in [4.69, 9.17) is 0 Å². The summed E-state index contributed by atoms with van der Waals surface area (Å²) >= 11 is 0. The van der Waals surface area contributed by atoms with Crippen LogP contribution < -0.4 is 10.6 Å². The van der Waals surface area contributed by atoms with Gasteiger partial charge in [-0.1, -0.05) is 27.7 Å². The van der Waals surface area contributed by atoms with Gasteiger partial charge in [0.1, 0.15) is 0 Å². The Bertz CT molecular complexity index is 804. The fourth-order valence-corrected chi connectivity index (χ4v) is 2.80. The minimum absolute atomic E-state index is 0.0313. The van der Waals surface area contributed by atoms with E-state index in [1.54, 1.807) is 24.3 Å². The third kappa shape index (κ3) is 5.67. The van der Waals surface area contributed by atoms with Crippen molar-refractivity contribution in [3.63, 3.8) is 0 Å². The molecule has 6 heteroatoms. The second-order valence-corrected chi connectivity index (χ2v) is 7.67. The first kappa shape index (κ1) is 20.7. The third-order valence-electron chi connectivity index (χ3n) is 4.37. The Morgan fingerprint density at radius 2 is 1.56 bits per heavy atom. The summed E-state index contributed by atoms with van der Waals surface area (Å²) in [4.78, 5) is 24.2. The van der Waals surface area contributed by atoms with Gasteiger partial charge in [0.15, 0.2) is 0 Å². The van der Waals surface area contributed by atoms with Gasteiger partial charge in [-0.2, -0.15) is 5.10 Å². The Hall–Kier alpha value is -2.63. The topological polar surface area (TPSA) is 76.0 Å². The van der Waals surface area contributed by atoms with E-state index in [1.165, 1.54) is 0 Å². The first-order valence-electron chi connectivity index (χ1n) is 9.41. The fraction of sp³-hybridized carbons (Fsp3) is 0.476. The van der Waals surface area contributed by atoms with Gasteiger partial charge in [-0.15, -0.1) is 0 Å². The van der Waals surface area contributed by atoms with Crippen LogP contribution in [0.2, 0.25) is 0 Å². The third-order valence-corrected chi connectivity index (χ3v) is 4.37. The molecule has 0 saturated heterocycles. The van der Waals surface area contributed by atoms with Gasteiger partial charge in [-0.25, -0.2) is 0 Å². The molecule has 0 bridgehead atoms. The summed E-state index contributed by atoms with van der Waals surface area (Å²) in [6.07, 6.45) is 0.293. The van der Waals surface area contributed by atoms with Crippen molar-refractivity contribution in [3.8, 4) is 0 Å². The minimum Gasteiger partial charge on any atom is -0.326 e. The largest absolute Gasteiger partial charge is 0.326 e. The number of anilines is 2. The number of hydrogen-bond acceptors (Lipinski definition) is 3. The van der Waals surface area contributed by atoms with E-state index in [0.717, 1.165) is 23.5 Å². The second kappa shape index (κ2) is 8.84. The molecule has 146 valence electrons. The number of benzene rings is 1. The van der Waals surface area contributed by atoms with Gasteiger partial charge in [-0.05, 0) is 44.0 Å². The summed E-state index contributed by atoms with van der Waals surface area (Å²) in [5.41, 5.74) is 4.34. The number of nitrogens with one attached hydrogen (secondary N) is 2. The molecule has 6 nitrogen and oxygen atoms in total. The van der Waals surface area contributed by atoms with Crippen molar-refractivity contribution >= 4 is 23.2 Å². The highest BCUT2D eigenvalue weighted by molar-refractivity contribution is 5.94. The summed E-state index contributed by atoms with van der Waals surface area (Å²) in [5, 5.41) is 10.3. The maximum atomic E-state index is 12.5. The molecule has 1 aromatic heterocycles. The lowest BCUT2D eigenvalue weighted by molar-refractivity contribution is -0.119. The highest BCUT2D eigenvalue weighted by Crippen LogP contribution is 2.18. The van der Waals surface area contributed by atoms with Crippen LogP contribution in [0.1, 0.15) is 44.6 Å². The molecule has 0 aliphatic carbocycles. The fourth-order valence-electron chi connectivity index (χ4n) is 2.80. The van der Waals surface area contributed by atoms with E-state index in [1.807, 2.05) is 32.4 Å². The summed E-state index contributed by atoms with van der Waals surface area (Å²) < 4.78 is 1.98. The summed E-state index contributed by atoms with van der Waals surface area (Å²) in [5.74, 6) is 0.312. The van der Waals surface area contributed by atoms with E-state index < -0.39 is 0 Å². The summed E-state index contributed by atoms with van der Waals surface area (Å²) in [6.45, 7) is 12.8. The molecule has 0 spiro atoms. The first-order chi connectivity index (χ1) is 12.7. The van der Waals surface area contributed by atoms with E-state index in [0.29, 0.717) is 23.7 Å². The lowest BCUT2D eigenvalue weighted by Gasteiger charge is -2.10. The summed E-state index contributed by atoms with van der Waals surface area (Å²) in [6, 6.07) is 7.14. The van der Waals surface area contributed by atoms with Gasteiger partial charge in [-0.3, -0.25) is 14.3 Å². The van der Waals surface area contributed by atoms with Crippen molar-refractivity contribution in [2.75, 3.05) is 10.6 Å². The molecule has 27 heavy (non-hydrogen) atoms. The predicted octanol–water partition coefficient (Wildman–Crippen LogP) is 3.93. The van der Waals surface area contributed by atoms with Crippen molar-refractivity contribution in [1.29, 1.82) is 0 Å². The number of aryl methyl sites for hydroxylation is 1. The number of amides is 2. The van der Waals surface area contributed by atoms with Crippen molar-refractivity contribution in [2.45, 2.75) is 54.5 Å². The van der Waals surface area contributed by atoms with Gasteiger partial charge >= 0.3 is 0 Å². The van der Waals surface area contributed by atoms with Gasteiger partial charge in [0.25, 0.3) is 0 Å². The molecular formula is C21H30N4O2. The Kier molecular flexibility index (Phi) is 6.77.